The molecule has 0 atom stereocenters. The monoisotopic (exact) mass is 344 g/mol. The number of halogens is 2. The number of amides is 2. The van der Waals surface area contributed by atoms with Crippen LogP contribution in [0.25, 0.3) is 0 Å². The van der Waals surface area contributed by atoms with E-state index in [2.05, 4.69) is 4.74 Å². The van der Waals surface area contributed by atoms with Gasteiger partial charge in [0.1, 0.15) is 12.3 Å². The van der Waals surface area contributed by atoms with Crippen LogP contribution in [0.1, 0.15) is 4.88 Å². The van der Waals surface area contributed by atoms with E-state index in [1.54, 1.807) is 0 Å². The van der Waals surface area contributed by atoms with Gasteiger partial charge in [0.05, 0.1) is 0 Å². The molecule has 0 bridgehead atoms. The van der Waals surface area contributed by atoms with Crippen molar-refractivity contribution in [2.45, 2.75) is 13.2 Å². The number of nitrogens with one attached hydrogen (secondary N) is 1. The van der Waals surface area contributed by atoms with Crippen LogP contribution in [-0.2, 0) is 6.61 Å². The molecule has 10 heteroatoms. The molecule has 23 heavy (non-hydrogen) atoms. The molecule has 2 rings (SSSR count). The summed E-state index contributed by atoms with van der Waals surface area (Å²) in [7, 11) is 0. The van der Waals surface area contributed by atoms with Gasteiger partial charge in [-0.25, -0.2) is 21.5 Å². The minimum absolute atomic E-state index is 0.0302. The highest BCUT2D eigenvalue weighted by atomic mass is 32.1. The second kappa shape index (κ2) is 7.72. The third-order valence-electron chi connectivity index (χ3n) is 2.71. The number of hydrogen-bond acceptors (Lipinski definition) is 6. The summed E-state index contributed by atoms with van der Waals surface area (Å²) in [5.41, 5.74) is 1.87. The molecule has 5 N–H and O–H groups in total. The first kappa shape index (κ1) is 16.9. The first-order valence-corrected chi connectivity index (χ1v) is 7.19. The van der Waals surface area contributed by atoms with Gasteiger partial charge in [0.15, 0.2) is 11.5 Å². The van der Waals surface area contributed by atoms with Gasteiger partial charge in [-0.15, -0.1) is 11.3 Å². The van der Waals surface area contributed by atoms with Crippen molar-refractivity contribution in [3.8, 4) is 11.5 Å². The third kappa shape index (κ3) is 4.28. The molecule has 1 aromatic carbocycles. The summed E-state index contributed by atoms with van der Waals surface area (Å²) < 4.78 is 35.1. The molecule has 0 spiro atoms. The maximum atomic E-state index is 12.6. The predicted molar refractivity (Wildman–Crippen MR) is 81.1 cm³/mol. The van der Waals surface area contributed by atoms with Crippen molar-refractivity contribution >= 4 is 23.1 Å². The van der Waals surface area contributed by atoms with E-state index in [4.69, 9.17) is 16.4 Å². The van der Waals surface area contributed by atoms with E-state index in [0.717, 1.165) is 4.88 Å². The van der Waals surface area contributed by atoms with Gasteiger partial charge in [0.2, 0.25) is 0 Å². The van der Waals surface area contributed by atoms with E-state index in [1.807, 2.05) is 22.9 Å². The smallest absolute Gasteiger partial charge is 0.387 e. The highest BCUT2D eigenvalue weighted by Gasteiger charge is 2.21. The van der Waals surface area contributed by atoms with Crippen LogP contribution in [0.2, 0.25) is 0 Å². The quantitative estimate of drug-likeness (QED) is 0.423. The molecular weight excluding hydrogens is 330 g/mol. The van der Waals surface area contributed by atoms with Crippen LogP contribution in [0.3, 0.4) is 0 Å². The lowest BCUT2D eigenvalue weighted by molar-refractivity contribution is -0.0515. The van der Waals surface area contributed by atoms with E-state index < -0.39 is 12.6 Å². The molecule has 0 radical (unpaired) electrons. The van der Waals surface area contributed by atoms with Crippen LogP contribution in [0.5, 0.6) is 11.5 Å². The number of alkyl halides is 2. The molecule has 7 nitrogen and oxygen atoms in total. The summed E-state index contributed by atoms with van der Waals surface area (Å²) in [6.07, 6.45) is 0. The molecule has 0 saturated carbocycles. The summed E-state index contributed by atoms with van der Waals surface area (Å²) in [5, 5.41) is 2.49. The Balaban J connectivity index is 2.33. The number of nitrogens with two attached hydrogens (primary N) is 2. The molecular formula is C13H14F2N4O3S. The summed E-state index contributed by atoms with van der Waals surface area (Å²) in [6, 6.07) is 6.89. The van der Waals surface area contributed by atoms with E-state index in [9.17, 15) is 13.6 Å². The average Bonchev–Trinajstić information content (AvgIpc) is 3.04. The molecule has 0 aliphatic carbocycles. The van der Waals surface area contributed by atoms with Gasteiger partial charge in [-0.2, -0.15) is 8.78 Å². The molecule has 0 unspecified atom stereocenters. The van der Waals surface area contributed by atoms with E-state index >= 15 is 0 Å². The number of para-hydroxylation sites is 1. The minimum atomic E-state index is -3.05. The van der Waals surface area contributed by atoms with E-state index in [1.165, 1.54) is 29.5 Å². The second-order valence-corrected chi connectivity index (χ2v) is 5.20. The van der Waals surface area contributed by atoms with Crippen LogP contribution >= 0.6 is 11.3 Å². The Morgan fingerprint density at radius 1 is 1.35 bits per heavy atom. The Morgan fingerprint density at radius 2 is 2.13 bits per heavy atom. The number of thiophene rings is 1. The zero-order valence-electron chi connectivity index (χ0n) is 11.7. The van der Waals surface area contributed by atoms with Crippen molar-refractivity contribution in [1.29, 1.82) is 0 Å². The van der Waals surface area contributed by atoms with Crippen molar-refractivity contribution in [2.75, 3.05) is 5.01 Å². The average molecular weight is 344 g/mol. The van der Waals surface area contributed by atoms with Crippen molar-refractivity contribution in [1.82, 2.24) is 5.43 Å². The van der Waals surface area contributed by atoms with Gasteiger partial charge in [-0.1, -0.05) is 12.1 Å². The van der Waals surface area contributed by atoms with Gasteiger partial charge in [-0.3, -0.25) is 5.43 Å². The summed E-state index contributed by atoms with van der Waals surface area (Å²) >= 11 is 1.43. The number of ether oxygens (including phenoxy) is 2. The first-order chi connectivity index (χ1) is 11.0. The highest BCUT2D eigenvalue weighted by molar-refractivity contribution is 7.09. The number of urea groups is 1. The van der Waals surface area contributed by atoms with Gasteiger partial charge in [-0.05, 0) is 23.6 Å². The molecule has 2 aromatic rings. The third-order valence-corrected chi connectivity index (χ3v) is 3.56. The first-order valence-electron chi connectivity index (χ1n) is 6.31. The number of carbonyl (C=O) groups is 1. The molecule has 0 saturated heterocycles. The number of nitrogens with zero attached hydrogens (tertiary/aromatic N) is 1. The molecule has 0 fully saturated rings. The number of rotatable bonds is 6. The zero-order chi connectivity index (χ0) is 16.8. The largest absolute Gasteiger partial charge is 0.482 e. The van der Waals surface area contributed by atoms with Crippen LogP contribution in [-0.4, -0.2) is 12.6 Å². The Bertz CT molecular complexity index is 655. The maximum Gasteiger partial charge on any atom is 0.387 e. The lowest BCUT2D eigenvalue weighted by atomic mass is 10.2. The molecule has 1 heterocycles. The zero-order valence-corrected chi connectivity index (χ0v) is 12.6. The Kier molecular flexibility index (Phi) is 5.68. The van der Waals surface area contributed by atoms with Crippen molar-refractivity contribution < 1.29 is 23.0 Å². The fourth-order valence-corrected chi connectivity index (χ4v) is 2.36. The highest BCUT2D eigenvalue weighted by Crippen LogP contribution is 2.38. The number of hydrazine groups is 2. The summed E-state index contributed by atoms with van der Waals surface area (Å²) in [6.45, 7) is -2.95. The lowest BCUT2D eigenvalue weighted by Gasteiger charge is -2.21. The number of anilines is 1. The number of carbonyl (C=O) groups excluding carboxylic acids is 1. The summed E-state index contributed by atoms with van der Waals surface area (Å²) in [4.78, 5) is 12.4. The molecule has 1 aromatic heterocycles. The van der Waals surface area contributed by atoms with Gasteiger partial charge in [0.25, 0.3) is 0 Å². The standard InChI is InChI=1S/C13H14F2N4O3S/c14-12(15)22-10-5-1-4-9(19(17)13(20)18-16)11(10)21-7-8-3-2-6-23-8/h1-6,12H,7,16-17H2,(H,18,20). The van der Waals surface area contributed by atoms with E-state index in [-0.39, 0.29) is 23.8 Å². The molecule has 124 valence electrons. The van der Waals surface area contributed by atoms with Crippen molar-refractivity contribution in [3.63, 3.8) is 0 Å². The Labute approximate surface area is 134 Å². The predicted octanol–water partition coefficient (Wildman–Crippen LogP) is 2.19. The van der Waals surface area contributed by atoms with Crippen molar-refractivity contribution in [2.24, 2.45) is 11.7 Å². The maximum absolute atomic E-state index is 12.6. The summed E-state index contributed by atoms with van der Waals surface area (Å²) in [5.74, 6) is 10.3. The van der Waals surface area contributed by atoms with Gasteiger partial charge in [0, 0.05) is 4.88 Å². The molecule has 0 aliphatic rings. The van der Waals surface area contributed by atoms with Gasteiger partial charge >= 0.3 is 12.6 Å². The number of benzene rings is 1. The SMILES string of the molecule is NNC(=O)N(N)c1cccc(OC(F)F)c1OCc1cccs1. The van der Waals surface area contributed by atoms with Crippen LogP contribution in [0.4, 0.5) is 19.3 Å². The molecule has 0 aliphatic heterocycles. The normalized spacial score (nSPS) is 10.5. The Morgan fingerprint density at radius 3 is 2.74 bits per heavy atom. The molecule has 2 amide bonds. The van der Waals surface area contributed by atoms with E-state index in [0.29, 0.717) is 5.01 Å². The van der Waals surface area contributed by atoms with Crippen molar-refractivity contribution in [3.05, 3.63) is 40.6 Å². The minimum Gasteiger partial charge on any atom is -0.482 e. The Hall–Kier alpha value is -2.43. The van der Waals surface area contributed by atoms with Gasteiger partial charge < -0.3 is 9.47 Å². The lowest BCUT2D eigenvalue weighted by Crippen LogP contribution is -2.47. The van der Waals surface area contributed by atoms with Crippen LogP contribution in [0, 0.1) is 0 Å². The second-order valence-electron chi connectivity index (χ2n) is 4.17. The van der Waals surface area contributed by atoms with Crippen LogP contribution < -0.4 is 31.6 Å². The fourth-order valence-electron chi connectivity index (χ4n) is 1.74. The topological polar surface area (TPSA) is 103 Å². The van der Waals surface area contributed by atoms with Crippen LogP contribution in [0.15, 0.2) is 35.7 Å². The number of hydrogen-bond donors (Lipinski definition) is 3. The fraction of sp³-hybridized carbons (Fsp3) is 0.154.